The van der Waals surface area contributed by atoms with Crippen LogP contribution in [-0.2, 0) is 28.6 Å². The maximum atomic E-state index is 15.2. The molecule has 7 aromatic carbocycles. The van der Waals surface area contributed by atoms with Crippen LogP contribution >= 0.6 is 0 Å². The van der Waals surface area contributed by atoms with Gasteiger partial charge in [-0.2, -0.15) is 31.6 Å². The van der Waals surface area contributed by atoms with Crippen LogP contribution in [0.25, 0.3) is 77.2 Å². The smallest absolute Gasteiger partial charge is 0.309 e. The molecule has 0 aliphatic carbocycles. The van der Waals surface area contributed by atoms with E-state index in [0.29, 0.717) is 28.6 Å². The van der Waals surface area contributed by atoms with Crippen molar-refractivity contribution in [3.05, 3.63) is 167 Å². The van der Waals surface area contributed by atoms with Crippen LogP contribution in [0.5, 0.6) is 0 Å². The number of benzene rings is 7. The highest BCUT2D eigenvalue weighted by molar-refractivity contribution is 6.11. The number of hydrogen-bond donors (Lipinski definition) is 0. The molecule has 0 unspecified atom stereocenters. The van der Waals surface area contributed by atoms with Crippen LogP contribution in [0.2, 0.25) is 0 Å². The van der Waals surface area contributed by atoms with Gasteiger partial charge in [0.15, 0.2) is 0 Å². The van der Waals surface area contributed by atoms with Crippen molar-refractivity contribution in [2.24, 2.45) is 0 Å². The summed E-state index contributed by atoms with van der Waals surface area (Å²) >= 11 is 0. The molecule has 0 aliphatic heterocycles. The number of rotatable bonds is 4. The lowest BCUT2D eigenvalue weighted by molar-refractivity contribution is -0.142. The number of nitriles is 1. The van der Waals surface area contributed by atoms with Crippen LogP contribution < -0.4 is 0 Å². The first kappa shape index (κ1) is 44.4. The van der Waals surface area contributed by atoms with Gasteiger partial charge in [-0.05, 0) is 135 Å². The van der Waals surface area contributed by atoms with Gasteiger partial charge in [0.05, 0.1) is 50.5 Å². The molecule has 2 aromatic heterocycles. The van der Waals surface area contributed by atoms with Gasteiger partial charge in [-0.15, -0.1) is 0 Å². The molecule has 0 N–H and O–H groups in total. The molecule has 334 valence electrons. The largest absolute Gasteiger partial charge is 0.417 e. The Bertz CT molecular complexity index is 3390. The summed E-state index contributed by atoms with van der Waals surface area (Å²) in [6.45, 7) is 19.4. The minimum atomic E-state index is -5.15. The molecule has 0 bridgehead atoms. The summed E-state index contributed by atoms with van der Waals surface area (Å²) in [7, 11) is 0. The Kier molecular flexibility index (Phi) is 10.2. The van der Waals surface area contributed by atoms with Crippen molar-refractivity contribution >= 4 is 43.6 Å². The van der Waals surface area contributed by atoms with Crippen molar-refractivity contribution in [2.45, 2.75) is 90.9 Å². The minimum Gasteiger partial charge on any atom is -0.309 e. The Morgan fingerprint density at radius 2 is 0.879 bits per heavy atom. The third-order valence-corrected chi connectivity index (χ3v) is 12.9. The molecule has 9 aromatic rings. The maximum Gasteiger partial charge on any atom is 0.417 e. The highest BCUT2D eigenvalue weighted by Gasteiger charge is 2.39. The molecule has 9 rings (SSSR count). The second-order valence-corrected chi connectivity index (χ2v) is 20.5. The van der Waals surface area contributed by atoms with Gasteiger partial charge in [0.25, 0.3) is 0 Å². The van der Waals surface area contributed by atoms with Crippen LogP contribution in [0.1, 0.15) is 95.7 Å². The van der Waals surface area contributed by atoms with Crippen molar-refractivity contribution in [1.82, 2.24) is 9.13 Å². The van der Waals surface area contributed by atoms with E-state index in [4.69, 9.17) is 0 Å². The first-order valence-electron chi connectivity index (χ1n) is 22.0. The fourth-order valence-corrected chi connectivity index (χ4v) is 9.27. The second kappa shape index (κ2) is 15.1. The molecule has 66 heavy (non-hydrogen) atoms. The van der Waals surface area contributed by atoms with E-state index in [-0.39, 0.29) is 33.4 Å². The van der Waals surface area contributed by atoms with E-state index in [2.05, 4.69) is 126 Å². The Morgan fingerprint density at radius 3 is 1.39 bits per heavy atom. The van der Waals surface area contributed by atoms with Gasteiger partial charge in [-0.25, -0.2) is 0 Å². The van der Waals surface area contributed by atoms with E-state index in [1.807, 2.05) is 36.4 Å². The number of aromatic nitrogens is 2. The number of halogens is 6. The highest BCUT2D eigenvalue weighted by atomic mass is 19.4. The Balaban J connectivity index is 1.42. The molecule has 0 radical (unpaired) electrons. The zero-order valence-corrected chi connectivity index (χ0v) is 38.3. The van der Waals surface area contributed by atoms with E-state index in [0.717, 1.165) is 66.4 Å². The standard InChI is InChI=1S/C57H49F6N3/c1-53(2,3)34-18-25-52-44(27-34)41-12-10-11-13-48(41)66(52)51-22-14-33(32-64)26-43(51)42-31-38(19-21-39(42)40-20-15-37(56(58,59)60)30-47(40)57(61,62)63)65-49-23-16-35(54(4,5)6)28-45(49)46-29-36(55(7,8)9)17-24-50(46)65/h10-31H,1-9H3. The van der Waals surface area contributed by atoms with Gasteiger partial charge in [-0.3, -0.25) is 0 Å². The summed E-state index contributed by atoms with van der Waals surface area (Å²) in [5.74, 6) is 0. The summed E-state index contributed by atoms with van der Waals surface area (Å²) in [6.07, 6.45) is -10.2. The summed E-state index contributed by atoms with van der Waals surface area (Å²) in [6, 6.07) is 41.2. The van der Waals surface area contributed by atoms with Gasteiger partial charge in [0.2, 0.25) is 0 Å². The van der Waals surface area contributed by atoms with E-state index < -0.39 is 29.0 Å². The number of para-hydroxylation sites is 1. The topological polar surface area (TPSA) is 33.6 Å². The first-order chi connectivity index (χ1) is 30.8. The molecule has 0 aliphatic rings. The minimum absolute atomic E-state index is 0.0535. The van der Waals surface area contributed by atoms with Gasteiger partial charge in [-0.1, -0.05) is 111 Å². The highest BCUT2D eigenvalue weighted by Crippen LogP contribution is 2.47. The van der Waals surface area contributed by atoms with Crippen LogP contribution in [0, 0.1) is 11.3 Å². The number of nitrogens with zero attached hydrogens (tertiary/aromatic N) is 3. The lowest BCUT2D eigenvalue weighted by atomic mass is 9.85. The average Bonchev–Trinajstić information content (AvgIpc) is 3.76. The van der Waals surface area contributed by atoms with Gasteiger partial charge < -0.3 is 9.13 Å². The number of fused-ring (bicyclic) bond motifs is 6. The summed E-state index contributed by atoms with van der Waals surface area (Å²) < 4.78 is 92.1. The van der Waals surface area contributed by atoms with Gasteiger partial charge in [0, 0.05) is 32.8 Å². The molecular formula is C57H49F6N3. The van der Waals surface area contributed by atoms with Gasteiger partial charge in [0.1, 0.15) is 0 Å². The molecule has 9 heteroatoms. The monoisotopic (exact) mass is 889 g/mol. The molecule has 0 saturated heterocycles. The Morgan fingerprint density at radius 1 is 0.394 bits per heavy atom. The SMILES string of the molecule is CC(C)(C)c1ccc2c(c1)c1cc(C(C)(C)C)ccc1n2-c1ccc(-c2ccc(C(F)(F)F)cc2C(F)(F)F)c(-c2cc(C#N)ccc2-n2c3ccccc3c3cc(C(C)(C)C)ccc32)c1. The molecule has 0 amide bonds. The average molecular weight is 890 g/mol. The van der Waals surface area contributed by atoms with Crippen molar-refractivity contribution in [3.8, 4) is 39.7 Å². The maximum absolute atomic E-state index is 15.2. The Labute approximate surface area is 380 Å². The van der Waals surface area contributed by atoms with Crippen LogP contribution in [0.15, 0.2) is 133 Å². The normalized spacial score (nSPS) is 13.1. The van der Waals surface area contributed by atoms with Crippen LogP contribution in [0.3, 0.4) is 0 Å². The Hall–Kier alpha value is -6.79. The number of hydrogen-bond acceptors (Lipinski definition) is 1. The van der Waals surface area contributed by atoms with E-state index in [1.165, 1.54) is 0 Å². The van der Waals surface area contributed by atoms with E-state index >= 15 is 13.2 Å². The number of alkyl halides is 6. The van der Waals surface area contributed by atoms with Crippen molar-refractivity contribution in [1.29, 1.82) is 5.26 Å². The summed E-state index contributed by atoms with van der Waals surface area (Å²) in [5, 5.41) is 14.3. The third-order valence-electron chi connectivity index (χ3n) is 12.9. The van der Waals surface area contributed by atoms with Crippen molar-refractivity contribution in [2.75, 3.05) is 0 Å². The molecule has 3 nitrogen and oxygen atoms in total. The van der Waals surface area contributed by atoms with Crippen LogP contribution in [-0.4, -0.2) is 9.13 Å². The predicted molar refractivity (Wildman–Crippen MR) is 257 cm³/mol. The second-order valence-electron chi connectivity index (χ2n) is 20.5. The predicted octanol–water partition coefficient (Wildman–Crippen LogP) is 17.0. The van der Waals surface area contributed by atoms with Crippen molar-refractivity contribution < 1.29 is 26.3 Å². The molecule has 0 saturated carbocycles. The van der Waals surface area contributed by atoms with E-state index in [9.17, 15) is 18.4 Å². The zero-order valence-electron chi connectivity index (χ0n) is 38.3. The summed E-state index contributed by atoms with van der Waals surface area (Å²) in [4.78, 5) is 0. The fraction of sp³-hybridized carbons (Fsp3) is 0.246. The zero-order chi connectivity index (χ0) is 47.5. The molecule has 0 spiro atoms. The molecule has 0 fully saturated rings. The fourth-order valence-electron chi connectivity index (χ4n) is 9.27. The first-order valence-corrected chi connectivity index (χ1v) is 22.0. The molecule has 2 heterocycles. The van der Waals surface area contributed by atoms with Crippen LogP contribution in [0.4, 0.5) is 26.3 Å². The molecular weight excluding hydrogens is 841 g/mol. The van der Waals surface area contributed by atoms with E-state index in [1.54, 1.807) is 30.3 Å². The lowest BCUT2D eigenvalue weighted by Crippen LogP contribution is -2.12. The molecule has 0 atom stereocenters. The van der Waals surface area contributed by atoms with Gasteiger partial charge >= 0.3 is 12.4 Å². The van der Waals surface area contributed by atoms with Crippen molar-refractivity contribution in [3.63, 3.8) is 0 Å². The lowest BCUT2D eigenvalue weighted by Gasteiger charge is -2.22. The summed E-state index contributed by atoms with van der Waals surface area (Å²) in [5.41, 5.74) is 5.28. The third kappa shape index (κ3) is 7.60. The quantitative estimate of drug-likeness (QED) is 0.162.